The number of carbonyl (C=O) groups excluding carboxylic acids is 2. The lowest BCUT2D eigenvalue weighted by Gasteiger charge is -2.17. The number of anilines is 1. The minimum absolute atomic E-state index is 0.0318. The number of carbonyl (C=O) groups is 2. The van der Waals surface area contributed by atoms with Crippen molar-refractivity contribution in [2.75, 3.05) is 4.90 Å². The summed E-state index contributed by atoms with van der Waals surface area (Å²) in [6, 6.07) is 11.5. The van der Waals surface area contributed by atoms with Crippen molar-refractivity contribution < 1.29 is 14.0 Å². The quantitative estimate of drug-likeness (QED) is 0.274. The maximum Gasteiger partial charge on any atom is 0.272 e. The molecule has 1 aliphatic rings. The fourth-order valence-corrected chi connectivity index (χ4v) is 4.36. The molecular formula is C27H28FN3O3. The molecule has 1 aromatic heterocycles. The summed E-state index contributed by atoms with van der Waals surface area (Å²) in [6.07, 6.45) is 9.25. The highest BCUT2D eigenvalue weighted by atomic mass is 19.1. The van der Waals surface area contributed by atoms with Gasteiger partial charge in [0.2, 0.25) is 11.8 Å². The van der Waals surface area contributed by atoms with E-state index < -0.39 is 17.6 Å². The summed E-state index contributed by atoms with van der Waals surface area (Å²) in [5, 5.41) is 7.89. The van der Waals surface area contributed by atoms with E-state index in [9.17, 15) is 18.8 Å². The molecule has 0 aliphatic carbocycles. The summed E-state index contributed by atoms with van der Waals surface area (Å²) < 4.78 is 14.7. The zero-order valence-electron chi connectivity index (χ0n) is 19.2. The number of aromatic amines is 1. The van der Waals surface area contributed by atoms with E-state index in [1.807, 2.05) is 18.2 Å². The standard InChI is InChI=1S/C27H28FN3O3/c1-2-3-4-5-6-7-10-19-17-25(32)31(27(19)34)24-16-18(13-14-22(24)28)15-23-20-11-8-9-12-21(20)26(33)30-29-23/h6-9,11-14,16,19H,2-5,10,15,17H2,1H3,(H,30,33)/b7-6+. The maximum atomic E-state index is 14.7. The number of unbranched alkanes of at least 4 members (excludes halogenated alkanes) is 3. The van der Waals surface area contributed by atoms with Crippen molar-refractivity contribution in [3.05, 3.63) is 82.0 Å². The highest BCUT2D eigenvalue weighted by molar-refractivity contribution is 6.21. The number of H-pyrrole nitrogens is 1. The first-order valence-electron chi connectivity index (χ1n) is 11.8. The summed E-state index contributed by atoms with van der Waals surface area (Å²) in [6.45, 7) is 2.15. The molecule has 1 unspecified atom stereocenters. The number of halogens is 1. The van der Waals surface area contributed by atoms with Crippen molar-refractivity contribution in [3.63, 3.8) is 0 Å². The highest BCUT2D eigenvalue weighted by Crippen LogP contribution is 2.32. The van der Waals surface area contributed by atoms with Gasteiger partial charge in [0, 0.05) is 18.2 Å². The van der Waals surface area contributed by atoms with Crippen molar-refractivity contribution in [1.82, 2.24) is 10.2 Å². The first-order valence-corrected chi connectivity index (χ1v) is 11.8. The Morgan fingerprint density at radius 3 is 2.68 bits per heavy atom. The molecule has 1 aliphatic heterocycles. The minimum Gasteiger partial charge on any atom is -0.274 e. The van der Waals surface area contributed by atoms with Gasteiger partial charge in [-0.05, 0) is 43.0 Å². The largest absolute Gasteiger partial charge is 0.274 e. The molecule has 4 rings (SSSR count). The molecule has 0 saturated carbocycles. The minimum atomic E-state index is -0.625. The molecule has 3 aromatic rings. The topological polar surface area (TPSA) is 83.1 Å². The van der Waals surface area contributed by atoms with Crippen LogP contribution in [0.25, 0.3) is 10.8 Å². The number of nitrogens with one attached hydrogen (secondary N) is 1. The third-order valence-electron chi connectivity index (χ3n) is 6.20. The summed E-state index contributed by atoms with van der Waals surface area (Å²) in [5.41, 5.74) is 0.993. The zero-order chi connectivity index (χ0) is 24.1. The molecule has 1 fully saturated rings. The number of benzene rings is 2. The van der Waals surface area contributed by atoms with Gasteiger partial charge in [-0.1, -0.05) is 56.2 Å². The Labute approximate surface area is 197 Å². The van der Waals surface area contributed by atoms with Crippen LogP contribution in [0.15, 0.2) is 59.4 Å². The SMILES string of the molecule is CCCCC/C=C/CC1CC(=O)N(c2cc(Cc3n[nH]c(=O)c4ccccc34)ccc2F)C1=O. The molecule has 1 saturated heterocycles. The lowest BCUT2D eigenvalue weighted by atomic mass is 10.0. The molecule has 1 atom stereocenters. The van der Waals surface area contributed by atoms with E-state index in [0.29, 0.717) is 34.9 Å². The summed E-state index contributed by atoms with van der Waals surface area (Å²) in [7, 11) is 0. The van der Waals surface area contributed by atoms with Gasteiger partial charge < -0.3 is 0 Å². The van der Waals surface area contributed by atoms with Crippen molar-refractivity contribution in [3.8, 4) is 0 Å². The van der Waals surface area contributed by atoms with Crippen molar-refractivity contribution in [1.29, 1.82) is 0 Å². The van der Waals surface area contributed by atoms with Crippen LogP contribution in [0.5, 0.6) is 0 Å². The number of hydrogen-bond acceptors (Lipinski definition) is 4. The number of fused-ring (bicyclic) bond motifs is 1. The first-order chi connectivity index (χ1) is 16.5. The van der Waals surface area contributed by atoms with Crippen LogP contribution in [0, 0.1) is 11.7 Å². The molecule has 0 bridgehead atoms. The van der Waals surface area contributed by atoms with Gasteiger partial charge in [-0.3, -0.25) is 14.4 Å². The van der Waals surface area contributed by atoms with E-state index in [-0.39, 0.29) is 23.6 Å². The molecule has 7 heteroatoms. The lowest BCUT2D eigenvalue weighted by Crippen LogP contribution is -2.31. The Hall–Kier alpha value is -3.61. The molecule has 1 N–H and O–H groups in total. The van der Waals surface area contributed by atoms with Gasteiger partial charge in [0.15, 0.2) is 0 Å². The van der Waals surface area contributed by atoms with E-state index in [4.69, 9.17) is 0 Å². The zero-order valence-corrected chi connectivity index (χ0v) is 19.2. The Balaban J connectivity index is 1.53. The number of nitrogens with zero attached hydrogens (tertiary/aromatic N) is 2. The molecule has 176 valence electrons. The number of amides is 2. The van der Waals surface area contributed by atoms with Crippen molar-refractivity contribution in [2.45, 2.75) is 51.9 Å². The monoisotopic (exact) mass is 461 g/mol. The molecule has 2 aromatic carbocycles. The van der Waals surface area contributed by atoms with Gasteiger partial charge in [-0.2, -0.15) is 5.10 Å². The number of aromatic nitrogens is 2. The van der Waals surface area contributed by atoms with Crippen LogP contribution in [0.2, 0.25) is 0 Å². The number of hydrogen-bond donors (Lipinski definition) is 1. The molecule has 0 radical (unpaired) electrons. The fraction of sp³-hybridized carbons (Fsp3) is 0.333. The normalized spacial score (nSPS) is 16.3. The van der Waals surface area contributed by atoms with Gasteiger partial charge >= 0.3 is 0 Å². The van der Waals surface area contributed by atoms with Gasteiger partial charge in [-0.25, -0.2) is 14.4 Å². The van der Waals surface area contributed by atoms with Gasteiger partial charge in [0.25, 0.3) is 5.56 Å². The van der Waals surface area contributed by atoms with Crippen LogP contribution >= 0.6 is 0 Å². The Kier molecular flexibility index (Phi) is 7.30. The summed E-state index contributed by atoms with van der Waals surface area (Å²) >= 11 is 0. The number of rotatable bonds is 9. The van der Waals surface area contributed by atoms with Gasteiger partial charge in [-0.15, -0.1) is 0 Å². The average Bonchev–Trinajstić information content (AvgIpc) is 3.12. The molecule has 34 heavy (non-hydrogen) atoms. The fourth-order valence-electron chi connectivity index (χ4n) is 4.36. The molecule has 2 amide bonds. The smallest absolute Gasteiger partial charge is 0.272 e. The van der Waals surface area contributed by atoms with Crippen molar-refractivity contribution >= 4 is 28.3 Å². The van der Waals surface area contributed by atoms with E-state index >= 15 is 0 Å². The Morgan fingerprint density at radius 2 is 1.88 bits per heavy atom. The Bertz CT molecular complexity index is 1300. The molecule has 0 spiro atoms. The lowest BCUT2D eigenvalue weighted by molar-refractivity contribution is -0.122. The van der Waals surface area contributed by atoms with Crippen LogP contribution in [-0.4, -0.2) is 22.0 Å². The van der Waals surface area contributed by atoms with Crippen LogP contribution in [0.4, 0.5) is 10.1 Å². The second kappa shape index (κ2) is 10.5. The molecular weight excluding hydrogens is 433 g/mol. The third kappa shape index (κ3) is 4.98. The summed E-state index contributed by atoms with van der Waals surface area (Å²) in [5.74, 6) is -1.85. The van der Waals surface area contributed by atoms with Gasteiger partial charge in [0.1, 0.15) is 5.82 Å². The van der Waals surface area contributed by atoms with Gasteiger partial charge in [0.05, 0.1) is 22.7 Å². The second-order valence-electron chi connectivity index (χ2n) is 8.68. The number of imide groups is 1. The first kappa shape index (κ1) is 23.5. The summed E-state index contributed by atoms with van der Waals surface area (Å²) in [4.78, 5) is 38.7. The maximum absolute atomic E-state index is 14.7. The van der Waals surface area contributed by atoms with E-state index in [0.717, 1.165) is 24.2 Å². The average molecular weight is 462 g/mol. The molecule has 6 nitrogen and oxygen atoms in total. The number of allylic oxidation sites excluding steroid dienone is 2. The van der Waals surface area contributed by atoms with Crippen molar-refractivity contribution in [2.24, 2.45) is 5.92 Å². The molecule has 2 heterocycles. The third-order valence-corrected chi connectivity index (χ3v) is 6.20. The predicted molar refractivity (Wildman–Crippen MR) is 130 cm³/mol. The Morgan fingerprint density at radius 1 is 1.09 bits per heavy atom. The van der Waals surface area contributed by atoms with E-state index in [2.05, 4.69) is 23.2 Å². The second-order valence-corrected chi connectivity index (χ2v) is 8.68. The van der Waals surface area contributed by atoms with E-state index in [1.165, 1.54) is 18.6 Å². The highest BCUT2D eigenvalue weighted by Gasteiger charge is 2.39. The van der Waals surface area contributed by atoms with Crippen LogP contribution in [0.3, 0.4) is 0 Å². The predicted octanol–water partition coefficient (Wildman–Crippen LogP) is 5.06. The van der Waals surface area contributed by atoms with E-state index in [1.54, 1.807) is 18.2 Å². The van der Waals surface area contributed by atoms with Crippen LogP contribution in [-0.2, 0) is 16.0 Å². The van der Waals surface area contributed by atoms with Crippen LogP contribution < -0.4 is 10.5 Å². The van der Waals surface area contributed by atoms with Crippen LogP contribution in [0.1, 0.15) is 56.7 Å².